The summed E-state index contributed by atoms with van der Waals surface area (Å²) in [6.07, 6.45) is 4.13. The van der Waals surface area contributed by atoms with E-state index in [0.717, 1.165) is 6.08 Å². The van der Waals surface area contributed by atoms with Gasteiger partial charge in [0, 0.05) is 30.3 Å². The van der Waals surface area contributed by atoms with E-state index in [0.29, 0.717) is 32.1 Å². The molecule has 8 nitrogen and oxygen atoms in total. The summed E-state index contributed by atoms with van der Waals surface area (Å²) in [5.74, 6) is -1.29. The molecule has 0 amide bonds. The molecule has 0 spiro atoms. The predicted molar refractivity (Wildman–Crippen MR) is 130 cm³/mol. The number of hydrogen-bond acceptors (Lipinski definition) is 6. The molecule has 2 aromatic heterocycles. The van der Waals surface area contributed by atoms with Crippen LogP contribution < -0.4 is 0 Å². The van der Waals surface area contributed by atoms with Crippen molar-refractivity contribution in [1.82, 2.24) is 9.72 Å². The highest BCUT2D eigenvalue weighted by molar-refractivity contribution is 6.39. The summed E-state index contributed by atoms with van der Waals surface area (Å²) >= 11 is 12.9. The summed E-state index contributed by atoms with van der Waals surface area (Å²) in [5, 5.41) is 14.5. The van der Waals surface area contributed by atoms with Crippen molar-refractivity contribution in [2.45, 2.75) is 5.60 Å². The van der Waals surface area contributed by atoms with Gasteiger partial charge >= 0.3 is 5.97 Å². The molecule has 0 radical (unpaired) electrons. The van der Waals surface area contributed by atoms with Gasteiger partial charge in [-0.3, -0.25) is 9.36 Å². The molecule has 2 aromatic carbocycles. The third-order valence-electron chi connectivity index (χ3n) is 5.97. The third-order valence-corrected chi connectivity index (χ3v) is 6.60. The van der Waals surface area contributed by atoms with E-state index in [1.54, 1.807) is 48.7 Å². The molecule has 35 heavy (non-hydrogen) atoms. The molecule has 0 unspecified atom stereocenters. The summed E-state index contributed by atoms with van der Waals surface area (Å²) in [4.78, 5) is 25.1. The van der Waals surface area contributed by atoms with Crippen molar-refractivity contribution in [3.63, 3.8) is 0 Å². The average Bonchev–Trinajstić information content (AvgIpc) is 3.42. The van der Waals surface area contributed by atoms with Gasteiger partial charge in [-0.2, -0.15) is 0 Å². The normalized spacial score (nSPS) is 14.9. The van der Waals surface area contributed by atoms with Crippen LogP contribution in [0.2, 0.25) is 10.0 Å². The number of halogens is 2. The van der Waals surface area contributed by atoms with E-state index in [1.807, 2.05) is 0 Å². The summed E-state index contributed by atoms with van der Waals surface area (Å²) in [7, 11) is 1.51. The number of nitrogens with zero attached hydrogens (tertiary/aromatic N) is 2. The average molecular weight is 513 g/mol. The van der Waals surface area contributed by atoms with Crippen LogP contribution in [0.1, 0.15) is 21.7 Å². The molecule has 0 atom stereocenters. The number of carbonyl (C=O) groups is 2. The molecule has 10 heteroatoms. The van der Waals surface area contributed by atoms with Gasteiger partial charge in [0.15, 0.2) is 11.4 Å². The number of carboxylic acid groups (broad SMARTS) is 1. The van der Waals surface area contributed by atoms with Crippen molar-refractivity contribution < 1.29 is 28.7 Å². The Morgan fingerprint density at radius 1 is 1.14 bits per heavy atom. The van der Waals surface area contributed by atoms with Crippen LogP contribution in [0.5, 0.6) is 0 Å². The lowest BCUT2D eigenvalue weighted by atomic mass is 9.92. The molecular weight excluding hydrogens is 495 g/mol. The van der Waals surface area contributed by atoms with Crippen molar-refractivity contribution in [2.75, 3.05) is 20.3 Å². The summed E-state index contributed by atoms with van der Waals surface area (Å²) < 4.78 is 18.2. The zero-order chi connectivity index (χ0) is 24.7. The fourth-order valence-corrected chi connectivity index (χ4v) is 4.70. The van der Waals surface area contributed by atoms with Crippen LogP contribution in [0.3, 0.4) is 0 Å². The Hall–Kier alpha value is -3.43. The van der Waals surface area contributed by atoms with Crippen LogP contribution in [0.15, 0.2) is 59.3 Å². The maximum Gasteiger partial charge on any atom is 0.328 e. The lowest BCUT2D eigenvalue weighted by Crippen LogP contribution is -2.49. The van der Waals surface area contributed by atoms with E-state index >= 15 is 0 Å². The quantitative estimate of drug-likeness (QED) is 0.351. The highest BCUT2D eigenvalue weighted by Crippen LogP contribution is 2.43. The van der Waals surface area contributed by atoms with Gasteiger partial charge < -0.3 is 19.1 Å². The first-order valence-electron chi connectivity index (χ1n) is 10.5. The number of aliphatic carboxylic acids is 1. The van der Waals surface area contributed by atoms with Crippen LogP contribution >= 0.6 is 23.2 Å². The van der Waals surface area contributed by atoms with Gasteiger partial charge in [0.25, 0.3) is 5.91 Å². The Bertz CT molecular complexity index is 1470. The Morgan fingerprint density at radius 2 is 1.86 bits per heavy atom. The fraction of sp³-hybridized carbons (Fsp3) is 0.160. The second kappa shape index (κ2) is 8.98. The van der Waals surface area contributed by atoms with E-state index in [2.05, 4.69) is 5.16 Å². The molecule has 0 aliphatic carbocycles. The van der Waals surface area contributed by atoms with Gasteiger partial charge in [0.05, 0.1) is 28.8 Å². The molecule has 1 N–H and O–H groups in total. The van der Waals surface area contributed by atoms with E-state index in [-0.39, 0.29) is 30.2 Å². The van der Waals surface area contributed by atoms with E-state index < -0.39 is 17.5 Å². The molecule has 5 rings (SSSR count). The summed E-state index contributed by atoms with van der Waals surface area (Å²) in [5.41, 5.74) is 0.936. The van der Waals surface area contributed by atoms with Gasteiger partial charge in [-0.05, 0) is 35.9 Å². The van der Waals surface area contributed by atoms with Crippen molar-refractivity contribution in [3.8, 4) is 11.3 Å². The molecule has 1 aliphatic heterocycles. The van der Waals surface area contributed by atoms with E-state index in [1.165, 1.54) is 17.8 Å². The maximum atomic E-state index is 14.1. The number of ether oxygens (including phenoxy) is 2. The molecule has 0 bridgehead atoms. The SMILES string of the molecule is COC1(c2onc(-c3c(Cl)cccc3Cl)c2C(=O)n2ccc3c(/C=C/C(=O)O)cccc32)COC1. The third kappa shape index (κ3) is 3.84. The molecular formula is C25H18Cl2N2O6. The number of aromatic nitrogens is 2. The monoisotopic (exact) mass is 512 g/mol. The molecule has 178 valence electrons. The van der Waals surface area contributed by atoms with Crippen LogP contribution in [-0.4, -0.2) is 47.0 Å². The number of carboxylic acids is 1. The highest BCUT2D eigenvalue weighted by Gasteiger charge is 2.48. The highest BCUT2D eigenvalue weighted by atomic mass is 35.5. The minimum absolute atomic E-state index is 0.147. The number of rotatable bonds is 6. The second-order valence-electron chi connectivity index (χ2n) is 7.97. The van der Waals surface area contributed by atoms with Crippen LogP contribution in [-0.2, 0) is 19.9 Å². The second-order valence-corrected chi connectivity index (χ2v) is 8.78. The van der Waals surface area contributed by atoms with Gasteiger partial charge in [-0.15, -0.1) is 0 Å². The first kappa shape index (κ1) is 23.3. The molecule has 1 fully saturated rings. The Kier molecular flexibility index (Phi) is 5.98. The summed E-state index contributed by atoms with van der Waals surface area (Å²) in [6.45, 7) is 0.371. The van der Waals surface area contributed by atoms with E-state index in [4.69, 9.17) is 42.3 Å². The molecule has 4 aromatic rings. The zero-order valence-corrected chi connectivity index (χ0v) is 19.8. The Balaban J connectivity index is 1.72. The van der Waals surface area contributed by atoms with Gasteiger partial charge in [-0.25, -0.2) is 4.79 Å². The standard InChI is InChI=1S/C25H18Cl2N2O6/c1-33-25(12-34-13-25)23-21(22(28-35-23)20-16(26)5-3-6-17(20)27)24(32)29-11-10-15-14(8-9-19(30)31)4-2-7-18(15)29/h2-11H,12-13H2,1H3,(H,30,31)/b9-8+. The summed E-state index contributed by atoms with van der Waals surface area (Å²) in [6, 6.07) is 12.0. The lowest BCUT2D eigenvalue weighted by molar-refractivity contribution is -0.213. The number of methoxy groups -OCH3 is 1. The number of fused-ring (bicyclic) bond motifs is 1. The van der Waals surface area contributed by atoms with Crippen molar-refractivity contribution in [3.05, 3.63) is 81.7 Å². The maximum absolute atomic E-state index is 14.1. The van der Waals surface area contributed by atoms with Crippen molar-refractivity contribution >= 4 is 52.1 Å². The fourth-order valence-electron chi connectivity index (χ4n) is 4.12. The van der Waals surface area contributed by atoms with Crippen molar-refractivity contribution in [1.29, 1.82) is 0 Å². The Morgan fingerprint density at radius 3 is 2.49 bits per heavy atom. The number of carbonyl (C=O) groups excluding carboxylic acids is 1. The van der Waals surface area contributed by atoms with Crippen LogP contribution in [0, 0.1) is 0 Å². The first-order valence-corrected chi connectivity index (χ1v) is 11.2. The number of hydrogen-bond donors (Lipinski definition) is 1. The Labute approximate surface area is 209 Å². The lowest BCUT2D eigenvalue weighted by Gasteiger charge is -2.38. The van der Waals surface area contributed by atoms with Crippen molar-refractivity contribution in [2.24, 2.45) is 0 Å². The molecule has 0 saturated carbocycles. The van der Waals surface area contributed by atoms with Gasteiger partial charge in [-0.1, -0.05) is 46.6 Å². The minimum atomic E-state index is -1.07. The first-order chi connectivity index (χ1) is 16.9. The van der Waals surface area contributed by atoms with Gasteiger partial charge in [0.2, 0.25) is 0 Å². The number of benzene rings is 2. The largest absolute Gasteiger partial charge is 0.478 e. The van der Waals surface area contributed by atoms with Crippen LogP contribution in [0.25, 0.3) is 28.2 Å². The smallest absolute Gasteiger partial charge is 0.328 e. The van der Waals surface area contributed by atoms with Gasteiger partial charge in [0.1, 0.15) is 11.3 Å². The predicted octanol–water partition coefficient (Wildman–Crippen LogP) is 5.26. The molecule has 1 saturated heterocycles. The molecule has 1 aliphatic rings. The van der Waals surface area contributed by atoms with Crippen LogP contribution in [0.4, 0.5) is 0 Å². The van der Waals surface area contributed by atoms with E-state index in [9.17, 15) is 9.59 Å². The molecule has 3 heterocycles. The topological polar surface area (TPSA) is 104 Å². The zero-order valence-electron chi connectivity index (χ0n) is 18.3. The minimum Gasteiger partial charge on any atom is -0.478 e.